The molecule has 38 nitrogen and oxygen atoms in total. The number of ether oxygens (including phenoxy) is 4. The maximum absolute atomic E-state index is 13.5. The van der Waals surface area contributed by atoms with E-state index in [1.807, 2.05) is 18.6 Å². The minimum Gasteiger partial charge on any atom is -1.00 e. The van der Waals surface area contributed by atoms with E-state index < -0.39 is 43.4 Å². The second kappa shape index (κ2) is 58.5. The van der Waals surface area contributed by atoms with Crippen LogP contribution in [-0.4, -0.2) is 188 Å². The predicted octanol–water partition coefficient (Wildman–Crippen LogP) is 3.24. The molecule has 4 N–H and O–H groups in total. The first-order chi connectivity index (χ1) is 58.0. The molecule has 4 unspecified atom stereocenters. The summed E-state index contributed by atoms with van der Waals surface area (Å²) in [5, 5.41) is 51.2. The Bertz CT molecular complexity index is 4890. The number of halogens is 3. The van der Waals surface area contributed by atoms with Crippen molar-refractivity contribution >= 4 is 108 Å². The van der Waals surface area contributed by atoms with Crippen molar-refractivity contribution in [2.24, 2.45) is 48.6 Å². The molecule has 4 atom stereocenters. The largest absolute Gasteiger partial charge is 1.00 e. The zero-order valence-electron chi connectivity index (χ0n) is 81.0. The number of sulfonamides is 2. The molecule has 0 bridgehead atoms. The number of rotatable bonds is 27. The van der Waals surface area contributed by atoms with Gasteiger partial charge in [-0.2, -0.15) is 10.2 Å². The van der Waals surface area contributed by atoms with Crippen LogP contribution in [-0.2, 0) is 85.1 Å². The monoisotopic (exact) mass is 2030 g/mol. The van der Waals surface area contributed by atoms with Crippen molar-refractivity contribution in [3.05, 3.63) is 121 Å². The van der Waals surface area contributed by atoms with Gasteiger partial charge in [0.15, 0.2) is 11.6 Å². The molecule has 717 valence electrons. The maximum Gasteiger partial charge on any atom is 1.00 e. The number of hydrogen-bond acceptors (Lipinski definition) is 28. The molecule has 3 radical (unpaired) electrons. The molecule has 6 aromatic heterocycles. The number of amides is 4. The van der Waals surface area contributed by atoms with Crippen LogP contribution in [0.4, 0.5) is 5.82 Å². The Labute approximate surface area is 896 Å². The Morgan fingerprint density at radius 3 is 1.37 bits per heavy atom. The van der Waals surface area contributed by atoms with E-state index in [1.165, 1.54) is 73.6 Å². The fraction of sp³-hybridized carbons (Fsp3) is 0.622. The van der Waals surface area contributed by atoms with Crippen LogP contribution in [0.1, 0.15) is 244 Å². The summed E-state index contributed by atoms with van der Waals surface area (Å²) in [7, 11) is 7.02. The summed E-state index contributed by atoms with van der Waals surface area (Å²) in [5.41, 5.74) is 0.390. The second-order valence-corrected chi connectivity index (χ2v) is 39.3. The van der Waals surface area contributed by atoms with Gasteiger partial charge in [0.2, 0.25) is 35.2 Å². The van der Waals surface area contributed by atoms with Crippen LogP contribution in [0, 0.1) is 68.6 Å². The predicted molar refractivity (Wildman–Crippen MR) is 478 cm³/mol. The van der Waals surface area contributed by atoms with Gasteiger partial charge in [0, 0.05) is 155 Å². The summed E-state index contributed by atoms with van der Waals surface area (Å²) in [6.07, 6.45) is 18.0. The first kappa shape index (κ1) is 129. The summed E-state index contributed by atoms with van der Waals surface area (Å²) in [6, 6.07) is 9.26. The van der Waals surface area contributed by atoms with E-state index in [2.05, 4.69) is 143 Å². The maximum atomic E-state index is 13.5. The Morgan fingerprint density at radius 1 is 0.700 bits per heavy atom. The fourth-order valence-corrected chi connectivity index (χ4v) is 15.3. The van der Waals surface area contributed by atoms with Gasteiger partial charge in [-0.05, 0) is 156 Å². The average molecular weight is 2030 g/mol. The Kier molecular flexibility index (Phi) is 58.1. The van der Waals surface area contributed by atoms with Gasteiger partial charge in [0.1, 0.15) is 20.8 Å². The number of nitrogens with one attached hydrogen (secondary N) is 4. The normalized spacial score (nSPS) is 16.9. The quantitative estimate of drug-likeness (QED) is 0.00840. The van der Waals surface area contributed by atoms with Gasteiger partial charge in [-0.25, -0.2) is 50.4 Å². The molecule has 2 saturated carbocycles. The van der Waals surface area contributed by atoms with Crippen molar-refractivity contribution in [1.82, 2.24) is 69.2 Å². The van der Waals surface area contributed by atoms with E-state index in [1.54, 1.807) is 76.2 Å². The molecule has 5 aliphatic rings. The van der Waals surface area contributed by atoms with Gasteiger partial charge in [0.05, 0.1) is 55.9 Å². The molecule has 3 saturated heterocycles. The topological polar surface area (TPSA) is 492 Å². The fourth-order valence-electron chi connectivity index (χ4n) is 12.7. The number of nitrogens with zero attached hydrogens (tertiary/aromatic N) is 13. The van der Waals surface area contributed by atoms with E-state index in [9.17, 15) is 65.8 Å². The molecular formula is C82H129BCl3K2N17NaNiO21S2. The number of anilines is 1. The van der Waals surface area contributed by atoms with Crippen LogP contribution < -0.4 is 172 Å². The van der Waals surface area contributed by atoms with Gasteiger partial charge in [-0.15, -0.1) is 10.2 Å². The third kappa shape index (κ3) is 42.3. The summed E-state index contributed by atoms with van der Waals surface area (Å²) in [5.74, 6) is 0.962. The first-order valence-corrected chi connectivity index (χ1v) is 46.4. The third-order valence-electron chi connectivity index (χ3n) is 20.7. The van der Waals surface area contributed by atoms with E-state index in [4.69, 9.17) is 56.5 Å². The molecule has 2 aliphatic carbocycles. The molecule has 9 heterocycles. The number of hydrogen-bond donors (Lipinski definition) is 4. The number of carbonyl (C=O) groups excluding carboxylic acids is 7. The molecular weight excluding hydrogens is 1900 g/mol. The molecule has 0 aromatic carbocycles. The number of carbonyl (C=O) groups is 7. The van der Waals surface area contributed by atoms with E-state index in [0.29, 0.717) is 91.7 Å². The molecule has 4 amide bonds. The van der Waals surface area contributed by atoms with Crippen molar-refractivity contribution in [1.29, 1.82) is 0 Å². The van der Waals surface area contributed by atoms with Crippen LogP contribution in [0.5, 0.6) is 11.8 Å². The zero-order chi connectivity index (χ0) is 95.3. The number of pyridine rings is 2. The van der Waals surface area contributed by atoms with Gasteiger partial charge < -0.3 is 47.5 Å². The molecule has 130 heavy (non-hydrogen) atoms. The summed E-state index contributed by atoms with van der Waals surface area (Å²) in [4.78, 5) is 112. The van der Waals surface area contributed by atoms with Gasteiger partial charge in [0.25, 0.3) is 38.3 Å². The third-order valence-corrected chi connectivity index (χ3v) is 23.8. The van der Waals surface area contributed by atoms with Crippen LogP contribution in [0.3, 0.4) is 0 Å². The summed E-state index contributed by atoms with van der Waals surface area (Å²) < 4.78 is 81.8. The van der Waals surface area contributed by atoms with Crippen molar-refractivity contribution in [3.63, 3.8) is 0 Å². The van der Waals surface area contributed by atoms with Crippen LogP contribution >= 0.6 is 32.0 Å². The number of nitro groups is 2. The van der Waals surface area contributed by atoms with Crippen molar-refractivity contribution in [2.75, 3.05) is 38.9 Å². The zero-order valence-corrected chi connectivity index (χ0v) is 92.1. The van der Waals surface area contributed by atoms with Crippen molar-refractivity contribution in [3.8, 4) is 23.4 Å². The van der Waals surface area contributed by atoms with Crippen LogP contribution in [0.25, 0.3) is 11.6 Å². The number of methoxy groups -OCH3 is 2. The molecule has 48 heteroatoms. The van der Waals surface area contributed by atoms with Crippen molar-refractivity contribution in [2.45, 2.75) is 260 Å². The minimum atomic E-state index is -4.14. The van der Waals surface area contributed by atoms with E-state index >= 15 is 0 Å². The van der Waals surface area contributed by atoms with E-state index in [0.717, 1.165) is 64.2 Å². The average Bonchev–Trinajstić information content (AvgIpc) is 1.53. The molecule has 0 spiro atoms. The molecule has 11 rings (SSSR count). The second-order valence-electron chi connectivity index (χ2n) is 34.1. The van der Waals surface area contributed by atoms with Crippen LogP contribution in [0.15, 0.2) is 83.1 Å². The SMILES string of the molecule is C.C=C(CC)C(=O)OC.CC(C)[N+](=O)[O-].CCC(CC(C)(C)[N+](=O)[O-])C(=O)OC.CCC1CC(C)(C)NC1=O.CCC1CC(C)(C)NC1=O.CCC1CN(c2nc(-n3ccc(OCC4(C)CC4)n3)ccc2C(=O)NS(=O)(=O)c2cn(C)nc2C)C(C)(C)C1.Cc1nn(C)cc1S(=O)(=O)NC(=O)c1ccc(-n2ccc(OCC3(C)CC3)n2)nc1Cl.O=CO[O-].[B].[Cl][Ni][Cl].[H-].[H-].[K+].[K+].[Na+]. The van der Waals surface area contributed by atoms with Gasteiger partial charge >= 0.3 is 177 Å². The standard InChI is InChI=1S/C27H37N7O4S.C19H21ClN6O4S.C9H17NO4.2C8H15NO.C6H10O2.C3H7NO2.CH2O3.CH4.B.2ClH.2K.Na.Ni.2H/c1-7-19-14-26(3,4)33(15-19)24-20(25(35)31-39(36,37)21-16-32(6)29-18(21)2)8-9-22(28-24)34-13-10-23(30-34)38-17-27(5)11-12-27;1-12-14(10-25(3)22-12)31(28,29)24-18(27)13-4-5-15(21-17(13)20)26-9-6-16(23-26)30-11-19(2)7-8-19;1-5-7(8(11)14-4)6-9(2,3)10(12)13;2*1-4-6-5-8(2,3)9-7(6)10;1-4-5(2)6(7)8-3;1-3(2)4(5)6;2-1-4-3;;;;;;;;;;/h8-10,13,16,19H,7,11-12,14-15,17H2,1-6H3,(H,31,35);4-6,9-10H,7-8,11H2,1-3H3,(H,24,27);7H,5-6H2,1-4H3;2*6H,4-5H2,1-3H3,(H,9,10);2,4H2,1,3H3;3H,1-2H3;1,3H;1H4;;2*1H;;;;;;/q;;;;;;;;;;;;3*+1;+2;2*-1/p-3. The molecule has 6 aromatic rings. The molecule has 5 fully saturated rings. The Morgan fingerprint density at radius 2 is 1.09 bits per heavy atom. The minimum absolute atomic E-state index is 0. The summed E-state index contributed by atoms with van der Waals surface area (Å²) >= 11 is 6.73. The Hall–Kier alpha value is -5.07. The van der Waals surface area contributed by atoms with Crippen LogP contribution in [0.2, 0.25) is 5.15 Å². The Balaban J connectivity index is -0.000000511. The molecule has 3 aliphatic heterocycles. The van der Waals surface area contributed by atoms with Gasteiger partial charge in [-0.3, -0.25) is 58.4 Å². The first-order valence-electron chi connectivity index (χ1n) is 40.3. The van der Waals surface area contributed by atoms with E-state index in [-0.39, 0.29) is 274 Å². The van der Waals surface area contributed by atoms with Gasteiger partial charge in [-0.1, -0.05) is 80.5 Å². The number of aromatic nitrogens is 10. The summed E-state index contributed by atoms with van der Waals surface area (Å²) in [6.45, 7) is 41.3. The number of aryl methyl sites for hydroxylation is 4. The smallest absolute Gasteiger partial charge is 1.00 e. The number of esters is 2. The van der Waals surface area contributed by atoms with Crippen molar-refractivity contribution < 1.29 is 237 Å².